The van der Waals surface area contributed by atoms with Crippen molar-refractivity contribution in [3.05, 3.63) is 66.0 Å². The lowest BCUT2D eigenvalue weighted by atomic mass is 10.2. The van der Waals surface area contributed by atoms with E-state index in [1.807, 2.05) is 59.5 Å². The van der Waals surface area contributed by atoms with Gasteiger partial charge in [-0.05, 0) is 30.5 Å². The fourth-order valence-corrected chi connectivity index (χ4v) is 3.91. The molecule has 1 atom stereocenters. The van der Waals surface area contributed by atoms with Gasteiger partial charge in [0.25, 0.3) is 0 Å². The van der Waals surface area contributed by atoms with E-state index in [2.05, 4.69) is 9.55 Å². The maximum atomic E-state index is 12.6. The summed E-state index contributed by atoms with van der Waals surface area (Å²) in [4.78, 5) is 19.1. The molecule has 140 valence electrons. The first-order valence-electron chi connectivity index (χ1n) is 9.23. The number of fused-ring (bicyclic) bond motifs is 1. The number of carbonyl (C=O) groups is 1. The van der Waals surface area contributed by atoms with Gasteiger partial charge in [-0.25, -0.2) is 9.78 Å². The highest BCUT2D eigenvalue weighted by Crippen LogP contribution is 2.24. The van der Waals surface area contributed by atoms with E-state index in [-0.39, 0.29) is 12.1 Å². The van der Waals surface area contributed by atoms with Crippen LogP contribution in [0.1, 0.15) is 24.2 Å². The van der Waals surface area contributed by atoms with Crippen molar-refractivity contribution in [2.75, 3.05) is 6.54 Å². The number of rotatable bonds is 5. The Kier molecular flexibility index (Phi) is 5.30. The summed E-state index contributed by atoms with van der Waals surface area (Å²) < 4.78 is 7.68. The van der Waals surface area contributed by atoms with Crippen molar-refractivity contribution < 1.29 is 9.53 Å². The summed E-state index contributed by atoms with van der Waals surface area (Å²) in [6.45, 7) is 1.70. The minimum absolute atomic E-state index is 0.0906. The molecule has 1 saturated heterocycles. The van der Waals surface area contributed by atoms with Gasteiger partial charge < -0.3 is 14.2 Å². The molecule has 2 aromatic carbocycles. The summed E-state index contributed by atoms with van der Waals surface area (Å²) in [6, 6.07) is 17.9. The number of benzene rings is 2. The molecule has 0 bridgehead atoms. The number of amides is 1. The van der Waals surface area contributed by atoms with E-state index in [9.17, 15) is 4.79 Å². The molecule has 1 aromatic heterocycles. The van der Waals surface area contributed by atoms with Gasteiger partial charge in [0.1, 0.15) is 12.4 Å². The number of halogens is 1. The first-order chi connectivity index (χ1) is 13.3. The number of hydrogen-bond donors (Lipinski definition) is 0. The first-order valence-corrected chi connectivity index (χ1v) is 9.77. The highest BCUT2D eigenvalue weighted by atomic mass is 35.5. The average molecular weight is 384 g/mol. The molecule has 0 N–H and O–H groups in total. The number of para-hydroxylation sites is 2. The van der Waals surface area contributed by atoms with E-state index in [1.165, 1.54) is 0 Å². The number of alkyl halides is 1. The molecule has 1 fully saturated rings. The van der Waals surface area contributed by atoms with E-state index < -0.39 is 0 Å². The van der Waals surface area contributed by atoms with Crippen molar-refractivity contribution in [1.82, 2.24) is 14.5 Å². The zero-order valence-corrected chi connectivity index (χ0v) is 15.8. The Balaban J connectivity index is 1.48. The molecule has 2 heterocycles. The smallest absolute Gasteiger partial charge is 0.410 e. The van der Waals surface area contributed by atoms with E-state index in [0.717, 1.165) is 41.8 Å². The quantitative estimate of drug-likeness (QED) is 0.606. The van der Waals surface area contributed by atoms with Crippen molar-refractivity contribution in [2.24, 2.45) is 0 Å². The number of aromatic nitrogens is 2. The lowest BCUT2D eigenvalue weighted by Crippen LogP contribution is -2.38. The van der Waals surface area contributed by atoms with Crippen molar-refractivity contribution in [3.63, 3.8) is 0 Å². The number of likely N-dealkylation sites (tertiary alicyclic amines) is 1. The fourth-order valence-electron chi connectivity index (χ4n) is 3.71. The molecule has 6 heteroatoms. The normalized spacial score (nSPS) is 16.8. The molecule has 0 saturated carbocycles. The van der Waals surface area contributed by atoms with Crippen LogP contribution >= 0.6 is 11.6 Å². The molecule has 1 amide bonds. The lowest BCUT2D eigenvalue weighted by Gasteiger charge is -2.25. The summed E-state index contributed by atoms with van der Waals surface area (Å²) in [5, 5.41) is 0. The molecule has 0 unspecified atom stereocenters. The summed E-state index contributed by atoms with van der Waals surface area (Å²) >= 11 is 6.12. The van der Waals surface area contributed by atoms with Gasteiger partial charge in [-0.1, -0.05) is 42.5 Å². The lowest BCUT2D eigenvalue weighted by molar-refractivity contribution is 0.0895. The third-order valence-electron chi connectivity index (χ3n) is 5.06. The Morgan fingerprint density at radius 1 is 1.15 bits per heavy atom. The van der Waals surface area contributed by atoms with Crippen LogP contribution in [0.15, 0.2) is 54.6 Å². The summed E-state index contributed by atoms with van der Waals surface area (Å²) in [7, 11) is 0. The molecule has 0 aliphatic carbocycles. The Hall–Kier alpha value is -2.53. The van der Waals surface area contributed by atoms with Gasteiger partial charge in [0.15, 0.2) is 0 Å². The van der Waals surface area contributed by atoms with Gasteiger partial charge in [-0.15, -0.1) is 11.6 Å². The molecular weight excluding hydrogens is 362 g/mol. The highest BCUT2D eigenvalue weighted by molar-refractivity contribution is 6.16. The molecule has 1 aliphatic heterocycles. The molecular formula is C21H22ClN3O2. The summed E-state index contributed by atoms with van der Waals surface area (Å²) in [6.07, 6.45) is 1.68. The maximum Gasteiger partial charge on any atom is 0.410 e. The van der Waals surface area contributed by atoms with Crippen LogP contribution in [0.4, 0.5) is 4.79 Å². The van der Waals surface area contributed by atoms with Crippen LogP contribution in [-0.2, 0) is 23.8 Å². The average Bonchev–Trinajstić information content (AvgIpc) is 3.32. The van der Waals surface area contributed by atoms with Crippen molar-refractivity contribution in [1.29, 1.82) is 0 Å². The molecule has 0 spiro atoms. The van der Waals surface area contributed by atoms with Crippen molar-refractivity contribution in [2.45, 2.75) is 37.9 Å². The van der Waals surface area contributed by atoms with Gasteiger partial charge in [-0.2, -0.15) is 0 Å². The van der Waals surface area contributed by atoms with Crippen molar-refractivity contribution in [3.8, 4) is 0 Å². The Labute approximate surface area is 163 Å². The van der Waals surface area contributed by atoms with Crippen LogP contribution in [-0.4, -0.2) is 33.1 Å². The number of nitrogens with zero attached hydrogens (tertiary/aromatic N) is 3. The molecule has 3 aromatic rings. The zero-order valence-electron chi connectivity index (χ0n) is 15.1. The first kappa shape index (κ1) is 17.9. The van der Waals surface area contributed by atoms with Crippen molar-refractivity contribution >= 4 is 28.7 Å². The van der Waals surface area contributed by atoms with Crippen LogP contribution in [0.3, 0.4) is 0 Å². The third-order valence-corrected chi connectivity index (χ3v) is 5.30. The number of imidazole rings is 1. The van der Waals surface area contributed by atoms with E-state index in [1.54, 1.807) is 0 Å². The highest BCUT2D eigenvalue weighted by Gasteiger charge is 2.31. The van der Waals surface area contributed by atoms with Crippen LogP contribution in [0.25, 0.3) is 11.0 Å². The number of carbonyl (C=O) groups excluding carboxylic acids is 1. The van der Waals surface area contributed by atoms with Gasteiger partial charge in [0.05, 0.1) is 23.0 Å². The molecule has 27 heavy (non-hydrogen) atoms. The van der Waals surface area contributed by atoms with Gasteiger partial charge in [0.2, 0.25) is 0 Å². The predicted molar refractivity (Wildman–Crippen MR) is 106 cm³/mol. The number of ether oxygens (including phenoxy) is 1. The molecule has 1 aliphatic rings. The van der Waals surface area contributed by atoms with Crippen LogP contribution in [0.5, 0.6) is 0 Å². The second-order valence-corrected chi connectivity index (χ2v) is 7.06. The molecule has 0 radical (unpaired) electrons. The minimum atomic E-state index is -0.252. The Bertz CT molecular complexity index is 926. The van der Waals surface area contributed by atoms with Crippen LogP contribution in [0, 0.1) is 0 Å². The van der Waals surface area contributed by atoms with Gasteiger partial charge in [0, 0.05) is 13.1 Å². The largest absolute Gasteiger partial charge is 0.445 e. The third kappa shape index (κ3) is 3.78. The van der Waals surface area contributed by atoms with Gasteiger partial charge >= 0.3 is 6.09 Å². The standard InChI is InChI=1S/C21H22ClN3O2/c22-13-20-23-18-10-4-5-11-19(18)25(20)14-17-9-6-12-24(17)21(26)27-15-16-7-2-1-3-8-16/h1-5,7-8,10-11,17H,6,9,12-15H2/t17-/m0/s1. The second kappa shape index (κ2) is 8.01. The predicted octanol–water partition coefficient (Wildman–Crippen LogP) is 4.58. The summed E-state index contributed by atoms with van der Waals surface area (Å²) in [5.41, 5.74) is 2.98. The van der Waals surface area contributed by atoms with E-state index in [4.69, 9.17) is 16.3 Å². The number of hydrogen-bond acceptors (Lipinski definition) is 3. The Morgan fingerprint density at radius 2 is 1.93 bits per heavy atom. The Morgan fingerprint density at radius 3 is 2.74 bits per heavy atom. The maximum absolute atomic E-state index is 12.6. The monoisotopic (exact) mass is 383 g/mol. The van der Waals surface area contributed by atoms with Gasteiger partial charge in [-0.3, -0.25) is 0 Å². The fraction of sp³-hybridized carbons (Fsp3) is 0.333. The van der Waals surface area contributed by atoms with E-state index in [0.29, 0.717) is 19.0 Å². The summed E-state index contributed by atoms with van der Waals surface area (Å²) in [5.74, 6) is 1.18. The zero-order chi connectivity index (χ0) is 18.6. The molecule has 5 nitrogen and oxygen atoms in total. The second-order valence-electron chi connectivity index (χ2n) is 6.79. The topological polar surface area (TPSA) is 47.4 Å². The van der Waals surface area contributed by atoms with E-state index >= 15 is 0 Å². The SMILES string of the molecule is O=C(OCc1ccccc1)N1CCC[C@H]1Cn1c(CCl)nc2ccccc21. The van der Waals surface area contributed by atoms with Crippen LogP contribution < -0.4 is 0 Å². The van der Waals surface area contributed by atoms with Crippen LogP contribution in [0.2, 0.25) is 0 Å². The molecule has 4 rings (SSSR count). The minimum Gasteiger partial charge on any atom is -0.445 e.